The van der Waals surface area contributed by atoms with E-state index in [-0.39, 0.29) is 25.2 Å². The maximum atomic E-state index is 11.6. The Morgan fingerprint density at radius 2 is 1.81 bits per heavy atom. The molecule has 1 aromatic carbocycles. The van der Waals surface area contributed by atoms with Gasteiger partial charge in [0.2, 0.25) is 5.91 Å². The van der Waals surface area contributed by atoms with Gasteiger partial charge >= 0.3 is 0 Å². The average Bonchev–Trinajstić information content (AvgIpc) is 2.78. The number of nitrogens with zero attached hydrogens (tertiary/aromatic N) is 1. The normalized spacial score (nSPS) is 14.6. The molecule has 2 rings (SSSR count). The Labute approximate surface area is 123 Å². The van der Waals surface area contributed by atoms with E-state index in [1.807, 2.05) is 31.2 Å². The third-order valence-corrected chi connectivity index (χ3v) is 3.25. The van der Waals surface area contributed by atoms with Crippen LogP contribution in [0.3, 0.4) is 0 Å². The van der Waals surface area contributed by atoms with Crippen molar-refractivity contribution in [1.29, 1.82) is 0 Å². The summed E-state index contributed by atoms with van der Waals surface area (Å²) in [6, 6.07) is 8.13. The Morgan fingerprint density at radius 1 is 1.19 bits per heavy atom. The second kappa shape index (κ2) is 6.99. The molecule has 0 unspecified atom stereocenters. The molecule has 1 heterocycles. The molecular formula is C15H18N2O4. The lowest BCUT2D eigenvalue weighted by Crippen LogP contribution is -2.38. The molecule has 1 aliphatic rings. The van der Waals surface area contributed by atoms with Gasteiger partial charge in [-0.2, -0.15) is 0 Å². The lowest BCUT2D eigenvalue weighted by atomic mass is 10.1. The molecule has 3 amide bonds. The largest absolute Gasteiger partial charge is 0.273 e. The molecule has 1 aromatic rings. The first-order valence-corrected chi connectivity index (χ1v) is 6.93. The molecule has 0 bridgehead atoms. The first kappa shape index (κ1) is 15.2. The van der Waals surface area contributed by atoms with Crippen LogP contribution >= 0.6 is 0 Å². The summed E-state index contributed by atoms with van der Waals surface area (Å²) in [6.45, 7) is 2.02. The maximum Gasteiger partial charge on any atom is 0.256 e. The third-order valence-electron chi connectivity index (χ3n) is 3.25. The zero-order valence-corrected chi connectivity index (χ0v) is 11.9. The number of hydrogen-bond acceptors (Lipinski definition) is 4. The monoisotopic (exact) mass is 290 g/mol. The van der Waals surface area contributed by atoms with Gasteiger partial charge in [0.25, 0.3) is 11.8 Å². The van der Waals surface area contributed by atoms with E-state index in [2.05, 4.69) is 5.48 Å². The summed E-state index contributed by atoms with van der Waals surface area (Å²) in [5, 5.41) is 0.609. The Bertz CT molecular complexity index is 523. The van der Waals surface area contributed by atoms with Crippen LogP contribution in [0.5, 0.6) is 0 Å². The fourth-order valence-corrected chi connectivity index (χ4v) is 2.01. The van der Waals surface area contributed by atoms with Crippen LogP contribution in [0.2, 0.25) is 0 Å². The smallest absolute Gasteiger partial charge is 0.256 e. The molecule has 1 aliphatic heterocycles. The summed E-state index contributed by atoms with van der Waals surface area (Å²) >= 11 is 0. The second-order valence-corrected chi connectivity index (χ2v) is 5.04. The van der Waals surface area contributed by atoms with Gasteiger partial charge in [0.05, 0.1) is 0 Å². The number of amides is 3. The summed E-state index contributed by atoms with van der Waals surface area (Å²) in [6.07, 6.45) is 1.98. The lowest BCUT2D eigenvalue weighted by Gasteiger charge is -2.12. The van der Waals surface area contributed by atoms with Crippen molar-refractivity contribution < 1.29 is 19.3 Å². The molecular weight excluding hydrogens is 272 g/mol. The maximum absolute atomic E-state index is 11.6. The number of carbonyl (C=O) groups is 3. The van der Waals surface area contributed by atoms with Crippen LogP contribution in [0.4, 0.5) is 0 Å². The fourth-order valence-electron chi connectivity index (χ4n) is 2.01. The van der Waals surface area contributed by atoms with Crippen molar-refractivity contribution >= 4 is 17.7 Å². The molecule has 1 saturated heterocycles. The number of aryl methyl sites for hydroxylation is 2. The molecule has 0 spiro atoms. The summed E-state index contributed by atoms with van der Waals surface area (Å²) < 4.78 is 0. The molecule has 0 aliphatic carbocycles. The lowest BCUT2D eigenvalue weighted by molar-refractivity contribution is -0.209. The Hall–Kier alpha value is -2.21. The summed E-state index contributed by atoms with van der Waals surface area (Å²) in [4.78, 5) is 38.8. The molecule has 1 N–H and O–H groups in total. The Balaban J connectivity index is 1.67. The molecule has 112 valence electrons. The van der Waals surface area contributed by atoms with Crippen LogP contribution in [0.1, 0.15) is 36.8 Å². The van der Waals surface area contributed by atoms with E-state index in [4.69, 9.17) is 4.94 Å². The number of nitrogens with one attached hydrogen (secondary N) is 1. The number of rotatable bonds is 6. The molecule has 21 heavy (non-hydrogen) atoms. The van der Waals surface area contributed by atoms with Gasteiger partial charge < -0.3 is 0 Å². The van der Waals surface area contributed by atoms with E-state index in [1.54, 1.807) is 0 Å². The van der Waals surface area contributed by atoms with Crippen LogP contribution in [-0.4, -0.2) is 22.8 Å². The summed E-state index contributed by atoms with van der Waals surface area (Å²) in [7, 11) is 0. The quantitative estimate of drug-likeness (QED) is 0.635. The number of carbonyl (C=O) groups excluding carboxylic acids is 3. The first-order valence-electron chi connectivity index (χ1n) is 6.93. The van der Waals surface area contributed by atoms with Crippen molar-refractivity contribution in [3.63, 3.8) is 0 Å². The van der Waals surface area contributed by atoms with Crippen molar-refractivity contribution in [3.05, 3.63) is 35.4 Å². The highest BCUT2D eigenvalue weighted by Gasteiger charge is 2.31. The molecule has 6 nitrogen and oxygen atoms in total. The van der Waals surface area contributed by atoms with Gasteiger partial charge in [-0.05, 0) is 25.3 Å². The number of hydroxylamine groups is 3. The van der Waals surface area contributed by atoms with Gasteiger partial charge in [0.1, 0.15) is 0 Å². The fraction of sp³-hybridized carbons (Fsp3) is 0.400. The minimum Gasteiger partial charge on any atom is -0.273 e. The van der Waals surface area contributed by atoms with Crippen LogP contribution < -0.4 is 5.48 Å². The van der Waals surface area contributed by atoms with Gasteiger partial charge in [-0.3, -0.25) is 14.4 Å². The third kappa shape index (κ3) is 4.39. The van der Waals surface area contributed by atoms with Crippen molar-refractivity contribution in [2.75, 3.05) is 0 Å². The summed E-state index contributed by atoms with van der Waals surface area (Å²) in [5.41, 5.74) is 4.49. The van der Waals surface area contributed by atoms with Crippen LogP contribution in [0, 0.1) is 6.92 Å². The van der Waals surface area contributed by atoms with Crippen molar-refractivity contribution in [2.24, 2.45) is 0 Å². The van der Waals surface area contributed by atoms with Crippen molar-refractivity contribution in [2.45, 2.75) is 39.0 Å². The molecule has 0 aromatic heterocycles. The highest BCUT2D eigenvalue weighted by Crippen LogP contribution is 2.11. The van der Waals surface area contributed by atoms with Gasteiger partial charge in [0.15, 0.2) is 0 Å². The molecule has 0 radical (unpaired) electrons. The van der Waals surface area contributed by atoms with Gasteiger partial charge in [-0.1, -0.05) is 29.8 Å². The molecule has 0 saturated carbocycles. The standard InChI is InChI=1S/C15H18N2O4/c1-11-5-7-12(8-6-11)3-2-4-13(18)16-21-17-14(19)9-10-15(17)20/h5-8H,2-4,9-10H2,1H3,(H,16,18). The van der Waals surface area contributed by atoms with E-state index in [0.29, 0.717) is 11.5 Å². The van der Waals surface area contributed by atoms with Crippen LogP contribution in [0.25, 0.3) is 0 Å². The van der Waals surface area contributed by atoms with Gasteiger partial charge in [0, 0.05) is 19.3 Å². The SMILES string of the molecule is Cc1ccc(CCCC(=O)NON2C(=O)CCC2=O)cc1. The second-order valence-electron chi connectivity index (χ2n) is 5.04. The van der Waals surface area contributed by atoms with Crippen molar-refractivity contribution in [3.8, 4) is 0 Å². The molecule has 1 fully saturated rings. The topological polar surface area (TPSA) is 75.7 Å². The van der Waals surface area contributed by atoms with E-state index >= 15 is 0 Å². The number of imide groups is 1. The van der Waals surface area contributed by atoms with Crippen LogP contribution in [0.15, 0.2) is 24.3 Å². The summed E-state index contributed by atoms with van der Waals surface area (Å²) in [5.74, 6) is -1.21. The van der Waals surface area contributed by atoms with Gasteiger partial charge in [-0.15, -0.1) is 10.0 Å². The van der Waals surface area contributed by atoms with E-state index < -0.39 is 11.8 Å². The van der Waals surface area contributed by atoms with Gasteiger partial charge in [-0.25, -0.2) is 5.48 Å². The number of benzene rings is 1. The predicted molar refractivity (Wildman–Crippen MR) is 74.4 cm³/mol. The van der Waals surface area contributed by atoms with E-state index in [1.165, 1.54) is 11.1 Å². The predicted octanol–water partition coefficient (Wildman–Crippen LogP) is 1.43. The first-order chi connectivity index (χ1) is 10.1. The zero-order valence-electron chi connectivity index (χ0n) is 11.9. The number of hydrogen-bond donors (Lipinski definition) is 1. The highest BCUT2D eigenvalue weighted by molar-refractivity contribution is 6.00. The van der Waals surface area contributed by atoms with E-state index in [9.17, 15) is 14.4 Å². The Kier molecular flexibility index (Phi) is 5.05. The minimum atomic E-state index is -0.431. The van der Waals surface area contributed by atoms with E-state index in [0.717, 1.165) is 6.42 Å². The molecule has 0 atom stereocenters. The molecule has 6 heteroatoms. The minimum absolute atomic E-state index is 0.127. The van der Waals surface area contributed by atoms with Crippen LogP contribution in [-0.2, 0) is 25.7 Å². The Morgan fingerprint density at radius 3 is 2.43 bits per heavy atom. The van der Waals surface area contributed by atoms with Crippen molar-refractivity contribution in [1.82, 2.24) is 10.5 Å². The highest BCUT2D eigenvalue weighted by atomic mass is 16.8. The average molecular weight is 290 g/mol. The zero-order chi connectivity index (χ0) is 15.2.